The van der Waals surface area contributed by atoms with E-state index in [1.54, 1.807) is 0 Å². The number of hydrogen-bond acceptors (Lipinski definition) is 0. The summed E-state index contributed by atoms with van der Waals surface area (Å²) in [5, 5.41) is 0. The molecule has 0 aromatic rings. The van der Waals surface area contributed by atoms with E-state index in [1.807, 2.05) is 0 Å². The second kappa shape index (κ2) is 4.95. The van der Waals surface area contributed by atoms with E-state index < -0.39 is 7.81 Å². The third-order valence-electron chi connectivity index (χ3n) is 2.67. The predicted octanol–water partition coefficient (Wildman–Crippen LogP) is 4.86. The maximum atomic E-state index is 9.87. The summed E-state index contributed by atoms with van der Waals surface area (Å²) in [6.45, 7) is 3.59. The standard InChI is InChI=1S/C9H16ClN2.F6P/c10-9-4-3-7-12(9)8-11-5-1-2-6-11;1-7(2,3,4,5)6/h8-9H,1-7H2;/q+1;-1. The van der Waals surface area contributed by atoms with Crippen molar-refractivity contribution in [2.24, 2.45) is 0 Å². The summed E-state index contributed by atoms with van der Waals surface area (Å²) >= 11 is 6.12. The van der Waals surface area contributed by atoms with Gasteiger partial charge in [-0.1, -0.05) is 11.6 Å². The molecule has 2 aliphatic heterocycles. The molecule has 2 saturated heterocycles. The van der Waals surface area contributed by atoms with Crippen molar-refractivity contribution in [2.45, 2.75) is 31.2 Å². The first-order valence-electron chi connectivity index (χ1n) is 5.86. The summed E-state index contributed by atoms with van der Waals surface area (Å²) in [5.41, 5.74) is 0.255. The van der Waals surface area contributed by atoms with Gasteiger partial charge in [0, 0.05) is 6.42 Å². The van der Waals surface area contributed by atoms with Crippen LogP contribution in [0.15, 0.2) is 0 Å². The number of hydrogen-bond donors (Lipinski definition) is 0. The van der Waals surface area contributed by atoms with Crippen molar-refractivity contribution in [3.8, 4) is 0 Å². The molecule has 0 amide bonds. The molecule has 19 heavy (non-hydrogen) atoms. The van der Waals surface area contributed by atoms with Gasteiger partial charge in [0.05, 0.1) is 19.6 Å². The zero-order valence-electron chi connectivity index (χ0n) is 10.1. The van der Waals surface area contributed by atoms with Gasteiger partial charge >= 0.3 is 33.0 Å². The number of nitrogens with zero attached hydrogens (tertiary/aromatic N) is 2. The molecular formula is C9H16ClF6N2P. The van der Waals surface area contributed by atoms with Gasteiger partial charge in [-0.3, -0.25) is 9.48 Å². The third-order valence-corrected chi connectivity index (χ3v) is 3.14. The number of likely N-dealkylation sites (tertiary alicyclic amines) is 1. The molecule has 0 saturated carbocycles. The van der Waals surface area contributed by atoms with Crippen molar-refractivity contribution in [1.29, 1.82) is 0 Å². The topological polar surface area (TPSA) is 6.25 Å². The van der Waals surface area contributed by atoms with Gasteiger partial charge in [0.25, 0.3) is 0 Å². The second-order valence-corrected chi connectivity index (χ2v) is 7.05. The zero-order chi connectivity index (χ0) is 14.8. The van der Waals surface area contributed by atoms with E-state index in [0.717, 1.165) is 13.0 Å². The van der Waals surface area contributed by atoms with Crippen LogP contribution >= 0.6 is 19.4 Å². The molecule has 2 rings (SSSR count). The third kappa shape index (κ3) is 10.2. The first-order chi connectivity index (χ1) is 8.31. The average Bonchev–Trinajstić information content (AvgIpc) is 2.74. The van der Waals surface area contributed by atoms with Crippen molar-refractivity contribution in [1.82, 2.24) is 4.90 Å². The molecule has 10 heteroatoms. The summed E-state index contributed by atoms with van der Waals surface area (Å²) in [7, 11) is -10.7. The van der Waals surface area contributed by atoms with Gasteiger partial charge in [0.15, 0.2) is 5.50 Å². The van der Waals surface area contributed by atoms with Crippen LogP contribution in [0.5, 0.6) is 0 Å². The fourth-order valence-corrected chi connectivity index (χ4v) is 2.25. The van der Waals surface area contributed by atoms with Crippen LogP contribution in [0.4, 0.5) is 25.2 Å². The molecule has 0 radical (unpaired) electrons. The van der Waals surface area contributed by atoms with Crippen LogP contribution in [0.3, 0.4) is 0 Å². The Kier molecular flexibility index (Phi) is 4.38. The van der Waals surface area contributed by atoms with E-state index in [2.05, 4.69) is 15.8 Å². The minimum absolute atomic E-state index is 0.255. The maximum absolute atomic E-state index is 10.7. The van der Waals surface area contributed by atoms with Crippen molar-refractivity contribution >= 4 is 25.7 Å². The Labute approximate surface area is 112 Å². The van der Waals surface area contributed by atoms with Crippen LogP contribution in [0.1, 0.15) is 25.7 Å². The van der Waals surface area contributed by atoms with Crippen LogP contribution in [-0.2, 0) is 0 Å². The fraction of sp³-hybridized carbons (Fsp3) is 0.889. The number of rotatable bonds is 1. The summed E-state index contributed by atoms with van der Waals surface area (Å²) in [4.78, 5) is 2.27. The molecule has 0 N–H and O–H groups in total. The Morgan fingerprint density at radius 3 is 1.84 bits per heavy atom. The van der Waals surface area contributed by atoms with Gasteiger partial charge in [0.1, 0.15) is 0 Å². The van der Waals surface area contributed by atoms with Crippen molar-refractivity contribution in [3.63, 3.8) is 0 Å². The fourth-order valence-electron chi connectivity index (χ4n) is 1.95. The molecule has 1 atom stereocenters. The predicted molar refractivity (Wildman–Crippen MR) is 64.4 cm³/mol. The van der Waals surface area contributed by atoms with E-state index in [9.17, 15) is 25.2 Å². The molecule has 2 aliphatic rings. The first kappa shape index (κ1) is 16.8. The Hall–Kier alpha value is -0.230. The van der Waals surface area contributed by atoms with Crippen molar-refractivity contribution in [2.75, 3.05) is 19.6 Å². The summed E-state index contributed by atoms with van der Waals surface area (Å²) < 4.78 is 61.6. The molecule has 2 heterocycles. The quantitative estimate of drug-likeness (QED) is 0.166. The molecule has 2 nitrogen and oxygen atoms in total. The molecule has 1 unspecified atom stereocenters. The van der Waals surface area contributed by atoms with E-state index in [-0.39, 0.29) is 5.50 Å². The van der Waals surface area contributed by atoms with Gasteiger partial charge < -0.3 is 0 Å². The van der Waals surface area contributed by atoms with E-state index in [1.165, 1.54) is 32.4 Å². The first-order valence-corrected chi connectivity index (χ1v) is 8.33. The van der Waals surface area contributed by atoms with Gasteiger partial charge in [-0.25, -0.2) is 0 Å². The molecule has 0 aromatic heterocycles. The molecule has 0 aliphatic carbocycles. The van der Waals surface area contributed by atoms with Gasteiger partial charge in [-0.2, -0.15) is 0 Å². The summed E-state index contributed by atoms with van der Waals surface area (Å²) in [6, 6.07) is 0. The van der Waals surface area contributed by atoms with Crippen molar-refractivity contribution < 1.29 is 29.8 Å². The minimum atomic E-state index is -10.7. The molecule has 0 bridgehead atoms. The molecule has 116 valence electrons. The van der Waals surface area contributed by atoms with Crippen LogP contribution in [0, 0.1) is 0 Å². The zero-order valence-corrected chi connectivity index (χ0v) is 11.7. The average molecular weight is 333 g/mol. The Balaban J connectivity index is 0.000000224. The Bertz CT molecular complexity index is 334. The van der Waals surface area contributed by atoms with Gasteiger partial charge in [0.2, 0.25) is 6.34 Å². The molecular weight excluding hydrogens is 317 g/mol. The van der Waals surface area contributed by atoms with E-state index >= 15 is 0 Å². The Morgan fingerprint density at radius 1 is 1.00 bits per heavy atom. The van der Waals surface area contributed by atoms with Crippen LogP contribution < -0.4 is 0 Å². The molecule has 0 aromatic carbocycles. The second-order valence-electron chi connectivity index (χ2n) is 4.63. The summed E-state index contributed by atoms with van der Waals surface area (Å²) in [5.74, 6) is 0. The molecule has 0 spiro atoms. The number of halogens is 7. The van der Waals surface area contributed by atoms with E-state index in [4.69, 9.17) is 11.6 Å². The monoisotopic (exact) mass is 332 g/mol. The van der Waals surface area contributed by atoms with Crippen molar-refractivity contribution in [3.05, 3.63) is 0 Å². The molecule has 2 fully saturated rings. The van der Waals surface area contributed by atoms with Gasteiger partial charge in [-0.15, -0.1) is 0 Å². The normalized spacial score (nSPS) is 27.4. The van der Waals surface area contributed by atoms with Crippen LogP contribution in [-0.4, -0.2) is 40.9 Å². The van der Waals surface area contributed by atoms with E-state index in [0.29, 0.717) is 0 Å². The van der Waals surface area contributed by atoms with Crippen LogP contribution in [0.25, 0.3) is 0 Å². The Morgan fingerprint density at radius 2 is 1.47 bits per heavy atom. The summed E-state index contributed by atoms with van der Waals surface area (Å²) in [6.07, 6.45) is 7.32. The van der Waals surface area contributed by atoms with Crippen LogP contribution in [0.2, 0.25) is 0 Å². The number of alkyl halides is 1. The SMILES string of the molecule is ClC1CCCN1C=[N+]1CCCC1.F[P-](F)(F)(F)(F)F. The van der Waals surface area contributed by atoms with Gasteiger partial charge in [-0.05, 0) is 19.3 Å².